The van der Waals surface area contributed by atoms with Crippen LogP contribution in [0, 0.1) is 0 Å². The summed E-state index contributed by atoms with van der Waals surface area (Å²) in [6, 6.07) is 3.04. The molecule has 10 heteroatoms. The quantitative estimate of drug-likeness (QED) is 0.478. The molecular formula is C16H17NO9. The Kier molecular flexibility index (Phi) is 5.58. The highest BCUT2D eigenvalue weighted by atomic mass is 16.5. The van der Waals surface area contributed by atoms with Gasteiger partial charge in [0.2, 0.25) is 23.1 Å². The number of ether oxygens (including phenoxy) is 3. The third kappa shape index (κ3) is 3.49. The zero-order valence-electron chi connectivity index (χ0n) is 13.8. The van der Waals surface area contributed by atoms with Crippen molar-refractivity contribution in [2.45, 2.75) is 6.10 Å². The van der Waals surface area contributed by atoms with Crippen molar-refractivity contribution in [1.29, 1.82) is 0 Å². The van der Waals surface area contributed by atoms with E-state index in [2.05, 4.69) is 4.98 Å². The van der Waals surface area contributed by atoms with E-state index >= 15 is 0 Å². The molecule has 0 aliphatic rings. The molecule has 26 heavy (non-hydrogen) atoms. The first-order chi connectivity index (χ1) is 12.3. The monoisotopic (exact) mass is 367 g/mol. The number of aliphatic hydroxyl groups excluding tert-OH is 1. The Balaban J connectivity index is 2.30. The largest absolute Gasteiger partial charge is 0.503 e. The SMILES string of the molecule is COc1ccc(C(O)COc2c(O)c(OC)c(O)c(C(=O)O)c2O)cn1. The lowest BCUT2D eigenvalue weighted by atomic mass is 10.1. The highest BCUT2D eigenvalue weighted by Crippen LogP contribution is 2.52. The maximum atomic E-state index is 11.2. The molecule has 0 bridgehead atoms. The van der Waals surface area contributed by atoms with Gasteiger partial charge >= 0.3 is 5.97 Å². The number of carboxylic acids is 1. The van der Waals surface area contributed by atoms with Gasteiger partial charge in [-0.1, -0.05) is 0 Å². The highest BCUT2D eigenvalue weighted by Gasteiger charge is 2.30. The zero-order chi connectivity index (χ0) is 19.4. The van der Waals surface area contributed by atoms with Crippen molar-refractivity contribution in [3.63, 3.8) is 0 Å². The molecule has 0 amide bonds. The lowest BCUT2D eigenvalue weighted by Gasteiger charge is -2.18. The Labute approximate surface area is 147 Å². The molecule has 10 nitrogen and oxygen atoms in total. The number of carboxylic acid groups (broad SMARTS) is 1. The molecule has 0 spiro atoms. The lowest BCUT2D eigenvalue weighted by Crippen LogP contribution is -2.11. The van der Waals surface area contributed by atoms with Gasteiger partial charge in [-0.3, -0.25) is 0 Å². The maximum absolute atomic E-state index is 11.2. The summed E-state index contributed by atoms with van der Waals surface area (Å²) in [6.07, 6.45) is 0.132. The number of aromatic nitrogens is 1. The third-order valence-corrected chi connectivity index (χ3v) is 3.49. The summed E-state index contributed by atoms with van der Waals surface area (Å²) in [7, 11) is 2.52. The number of benzene rings is 1. The van der Waals surface area contributed by atoms with E-state index in [4.69, 9.17) is 19.3 Å². The van der Waals surface area contributed by atoms with Crippen LogP contribution in [0.5, 0.6) is 34.6 Å². The zero-order valence-corrected chi connectivity index (χ0v) is 13.8. The number of aromatic carboxylic acids is 1. The van der Waals surface area contributed by atoms with Crippen LogP contribution in [-0.4, -0.2) is 57.3 Å². The Hall–Kier alpha value is -3.40. The lowest BCUT2D eigenvalue weighted by molar-refractivity contribution is 0.0687. The van der Waals surface area contributed by atoms with Crippen molar-refractivity contribution in [1.82, 2.24) is 4.98 Å². The van der Waals surface area contributed by atoms with E-state index in [0.717, 1.165) is 7.11 Å². The van der Waals surface area contributed by atoms with E-state index in [-0.39, 0.29) is 0 Å². The molecule has 2 aromatic rings. The van der Waals surface area contributed by atoms with E-state index in [1.807, 2.05) is 0 Å². The number of methoxy groups -OCH3 is 2. The fourth-order valence-corrected chi connectivity index (χ4v) is 2.17. The van der Waals surface area contributed by atoms with E-state index in [0.29, 0.717) is 11.4 Å². The van der Waals surface area contributed by atoms with Crippen LogP contribution in [0.1, 0.15) is 22.0 Å². The van der Waals surface area contributed by atoms with Crippen molar-refractivity contribution in [3.8, 4) is 34.6 Å². The van der Waals surface area contributed by atoms with Gasteiger partial charge < -0.3 is 39.7 Å². The van der Waals surface area contributed by atoms with Gasteiger partial charge in [-0.2, -0.15) is 0 Å². The number of aromatic hydroxyl groups is 3. The van der Waals surface area contributed by atoms with Crippen molar-refractivity contribution >= 4 is 5.97 Å². The summed E-state index contributed by atoms with van der Waals surface area (Å²) in [4.78, 5) is 15.1. The molecule has 0 saturated carbocycles. The Morgan fingerprint density at radius 1 is 1.08 bits per heavy atom. The summed E-state index contributed by atoms with van der Waals surface area (Å²) >= 11 is 0. The topological polar surface area (TPSA) is 159 Å². The van der Waals surface area contributed by atoms with E-state index in [1.54, 1.807) is 0 Å². The van der Waals surface area contributed by atoms with Gasteiger partial charge in [-0.25, -0.2) is 9.78 Å². The molecule has 5 N–H and O–H groups in total. The van der Waals surface area contributed by atoms with Gasteiger partial charge in [0.15, 0.2) is 17.1 Å². The standard InChI is InChI=1S/C16H17NO9/c1-24-9-4-3-7(5-17-9)8(18)6-26-15-12(20)10(16(22)23)11(19)14(25-2)13(15)21/h3-5,8,18-21H,6H2,1-2H3,(H,22,23). The number of rotatable bonds is 7. The molecule has 0 aliphatic heterocycles. The number of hydrogen-bond acceptors (Lipinski definition) is 9. The molecule has 0 radical (unpaired) electrons. The normalized spacial score (nSPS) is 11.7. The first-order valence-electron chi connectivity index (χ1n) is 7.20. The number of pyridine rings is 1. The molecule has 0 fully saturated rings. The molecule has 2 rings (SSSR count). The first-order valence-corrected chi connectivity index (χ1v) is 7.20. The Morgan fingerprint density at radius 3 is 2.23 bits per heavy atom. The second-order valence-electron chi connectivity index (χ2n) is 5.05. The fourth-order valence-electron chi connectivity index (χ4n) is 2.17. The molecule has 1 heterocycles. The van der Waals surface area contributed by atoms with Crippen molar-refractivity contribution < 1.29 is 44.5 Å². The van der Waals surface area contributed by atoms with Gasteiger partial charge in [0, 0.05) is 17.8 Å². The molecule has 0 aliphatic carbocycles. The van der Waals surface area contributed by atoms with Crippen LogP contribution >= 0.6 is 0 Å². The molecular weight excluding hydrogens is 350 g/mol. The van der Waals surface area contributed by atoms with Crippen LogP contribution in [0.15, 0.2) is 18.3 Å². The van der Waals surface area contributed by atoms with E-state index in [1.165, 1.54) is 25.4 Å². The van der Waals surface area contributed by atoms with E-state index in [9.17, 15) is 25.2 Å². The van der Waals surface area contributed by atoms with Crippen molar-refractivity contribution in [3.05, 3.63) is 29.5 Å². The van der Waals surface area contributed by atoms with Gasteiger partial charge in [-0.05, 0) is 6.07 Å². The number of aliphatic hydroxyl groups is 1. The molecule has 1 aromatic heterocycles. The van der Waals surface area contributed by atoms with Crippen LogP contribution in [0.2, 0.25) is 0 Å². The van der Waals surface area contributed by atoms with Gasteiger partial charge in [-0.15, -0.1) is 0 Å². The maximum Gasteiger partial charge on any atom is 0.343 e. The first kappa shape index (κ1) is 18.9. The van der Waals surface area contributed by atoms with Crippen molar-refractivity contribution in [2.75, 3.05) is 20.8 Å². The summed E-state index contributed by atoms with van der Waals surface area (Å²) in [5.41, 5.74) is -0.552. The van der Waals surface area contributed by atoms with Crippen LogP contribution < -0.4 is 14.2 Å². The Morgan fingerprint density at radius 2 is 1.73 bits per heavy atom. The van der Waals surface area contributed by atoms with Crippen molar-refractivity contribution in [2.24, 2.45) is 0 Å². The predicted octanol–water partition coefficient (Wildman–Crippen LogP) is 1.03. The van der Waals surface area contributed by atoms with Crippen LogP contribution in [0.25, 0.3) is 0 Å². The molecule has 0 saturated heterocycles. The minimum Gasteiger partial charge on any atom is -0.503 e. The summed E-state index contributed by atoms with van der Waals surface area (Å²) < 4.78 is 14.8. The highest BCUT2D eigenvalue weighted by molar-refractivity contribution is 5.97. The van der Waals surface area contributed by atoms with Crippen LogP contribution in [0.4, 0.5) is 0 Å². The number of carbonyl (C=O) groups is 1. The number of hydrogen-bond donors (Lipinski definition) is 5. The van der Waals surface area contributed by atoms with Crippen LogP contribution in [-0.2, 0) is 0 Å². The second kappa shape index (κ2) is 7.66. The number of nitrogens with zero attached hydrogens (tertiary/aromatic N) is 1. The second-order valence-corrected chi connectivity index (χ2v) is 5.05. The summed E-state index contributed by atoms with van der Waals surface area (Å²) in [5, 5.41) is 49.1. The van der Waals surface area contributed by atoms with Gasteiger partial charge in [0.25, 0.3) is 0 Å². The van der Waals surface area contributed by atoms with Gasteiger partial charge in [0.05, 0.1) is 14.2 Å². The van der Waals surface area contributed by atoms with Crippen LogP contribution in [0.3, 0.4) is 0 Å². The molecule has 140 valence electrons. The smallest absolute Gasteiger partial charge is 0.343 e. The predicted molar refractivity (Wildman–Crippen MR) is 86.2 cm³/mol. The molecule has 1 aromatic carbocycles. The van der Waals surface area contributed by atoms with E-state index < -0.39 is 53.0 Å². The number of phenols is 3. The molecule has 1 unspecified atom stereocenters. The minimum absolute atomic E-state index is 0.339. The third-order valence-electron chi connectivity index (χ3n) is 3.49. The molecule has 1 atom stereocenters. The minimum atomic E-state index is -1.66. The summed E-state index contributed by atoms with van der Waals surface area (Å²) in [6.45, 7) is -0.456. The average molecular weight is 367 g/mol. The average Bonchev–Trinajstić information content (AvgIpc) is 2.61. The number of phenolic OH excluding ortho intramolecular Hbond substituents is 1. The summed E-state index contributed by atoms with van der Waals surface area (Å²) in [5.74, 6) is -5.34. The Bertz CT molecular complexity index is 805. The fraction of sp³-hybridized carbons (Fsp3) is 0.250. The van der Waals surface area contributed by atoms with Gasteiger partial charge in [0.1, 0.15) is 12.7 Å².